The van der Waals surface area contributed by atoms with E-state index >= 15 is 0 Å². The Labute approximate surface area is 309 Å². The van der Waals surface area contributed by atoms with Gasteiger partial charge in [0.1, 0.15) is 47.5 Å². The lowest BCUT2D eigenvalue weighted by Gasteiger charge is -2.50. The van der Waals surface area contributed by atoms with Crippen LogP contribution >= 0.6 is 11.8 Å². The molecule has 2 N–H and O–H groups in total. The summed E-state index contributed by atoms with van der Waals surface area (Å²) in [5.74, 6) is -1.31. The second kappa shape index (κ2) is 16.1. The van der Waals surface area contributed by atoms with Gasteiger partial charge in [0.25, 0.3) is 0 Å². The predicted molar refractivity (Wildman–Crippen MR) is 188 cm³/mol. The molecule has 12 atom stereocenters. The zero-order valence-corrected chi connectivity index (χ0v) is 29.1. The van der Waals surface area contributed by atoms with Gasteiger partial charge in [0, 0.05) is 11.1 Å². The van der Waals surface area contributed by atoms with Crippen LogP contribution in [0.25, 0.3) is 0 Å². The number of hydrogen-bond donors (Lipinski definition) is 2. The second-order valence-electron chi connectivity index (χ2n) is 13.0. The monoisotopic (exact) mass is 742 g/mol. The molecule has 0 aromatic heterocycles. The first-order chi connectivity index (χ1) is 25.9. The van der Waals surface area contributed by atoms with E-state index in [4.69, 9.17) is 37.9 Å². The quantitative estimate of drug-likeness (QED) is 0.243. The third-order valence-corrected chi connectivity index (χ3v) is 10.8. The summed E-state index contributed by atoms with van der Waals surface area (Å²) in [4.78, 5) is 26.7. The van der Waals surface area contributed by atoms with Crippen LogP contribution in [0.2, 0.25) is 0 Å². The van der Waals surface area contributed by atoms with Crippen LogP contribution in [0.4, 0.5) is 0 Å². The van der Waals surface area contributed by atoms with Crippen molar-refractivity contribution in [2.75, 3.05) is 13.2 Å². The Kier molecular flexibility index (Phi) is 10.9. The van der Waals surface area contributed by atoms with Crippen molar-refractivity contribution < 1.29 is 57.7 Å². The molecule has 53 heavy (non-hydrogen) atoms. The Bertz CT molecular complexity index is 1690. The smallest absolute Gasteiger partial charge is 0.338 e. The molecule has 4 aromatic carbocycles. The minimum absolute atomic E-state index is 0.0615. The number of aliphatic hydroxyl groups is 2. The lowest BCUT2D eigenvalue weighted by molar-refractivity contribution is -0.321. The third-order valence-electron chi connectivity index (χ3n) is 9.53. The minimum Gasteiger partial charge on any atom is -0.453 e. The first kappa shape index (κ1) is 35.9. The molecule has 0 radical (unpaired) electrons. The van der Waals surface area contributed by atoms with Gasteiger partial charge in [0.15, 0.2) is 24.8 Å². The van der Waals surface area contributed by atoms with Crippen molar-refractivity contribution in [3.8, 4) is 0 Å². The highest BCUT2D eigenvalue weighted by Gasteiger charge is 2.56. The number of thioether (sulfide) groups is 1. The summed E-state index contributed by atoms with van der Waals surface area (Å²) >= 11 is 0.968. The van der Waals surface area contributed by atoms with Crippen LogP contribution in [0.15, 0.2) is 121 Å². The molecule has 0 bridgehead atoms. The van der Waals surface area contributed by atoms with E-state index in [1.54, 1.807) is 60.7 Å². The molecule has 12 nitrogen and oxygen atoms in total. The van der Waals surface area contributed by atoms with E-state index in [-0.39, 0.29) is 13.2 Å². The average Bonchev–Trinajstić information content (AvgIpc) is 3.21. The van der Waals surface area contributed by atoms with E-state index in [1.165, 1.54) is 0 Å². The maximum atomic E-state index is 13.4. The Balaban J connectivity index is 1.04. The number of esters is 2. The Morgan fingerprint density at radius 3 is 1.26 bits per heavy atom. The average molecular weight is 743 g/mol. The number of ether oxygens (including phenoxy) is 8. The highest BCUT2D eigenvalue weighted by atomic mass is 32.2. The lowest BCUT2D eigenvalue weighted by atomic mass is 9.98. The Morgan fingerprint density at radius 2 is 0.887 bits per heavy atom. The van der Waals surface area contributed by atoms with Gasteiger partial charge in [0.05, 0.1) is 24.3 Å². The largest absolute Gasteiger partial charge is 0.453 e. The van der Waals surface area contributed by atoms with Crippen LogP contribution < -0.4 is 0 Å². The summed E-state index contributed by atoms with van der Waals surface area (Å²) in [7, 11) is 0. The summed E-state index contributed by atoms with van der Waals surface area (Å²) in [6, 6.07) is 35.5. The van der Waals surface area contributed by atoms with Gasteiger partial charge < -0.3 is 48.1 Å². The summed E-state index contributed by atoms with van der Waals surface area (Å²) in [5.41, 5.74) is -0.111. The first-order valence-electron chi connectivity index (χ1n) is 17.4. The molecule has 4 fully saturated rings. The number of fused-ring (bicyclic) bond motifs is 2. The molecule has 4 aliphatic rings. The summed E-state index contributed by atoms with van der Waals surface area (Å²) in [6.45, 7) is 0.123. The van der Waals surface area contributed by atoms with Gasteiger partial charge in [-0.25, -0.2) is 9.59 Å². The number of carbonyl (C=O) groups is 2. The molecule has 276 valence electrons. The molecule has 0 aliphatic carbocycles. The van der Waals surface area contributed by atoms with Crippen LogP contribution in [-0.4, -0.2) is 95.1 Å². The fraction of sp³-hybridized carbons (Fsp3) is 0.350. The molecule has 0 amide bonds. The predicted octanol–water partition coefficient (Wildman–Crippen LogP) is 4.57. The van der Waals surface area contributed by atoms with Gasteiger partial charge in [0.2, 0.25) is 0 Å². The van der Waals surface area contributed by atoms with Crippen LogP contribution in [0, 0.1) is 0 Å². The molecule has 4 saturated heterocycles. The maximum Gasteiger partial charge on any atom is 0.338 e. The summed E-state index contributed by atoms with van der Waals surface area (Å²) < 4.78 is 49.4. The molecule has 8 rings (SSSR count). The highest BCUT2D eigenvalue weighted by molar-refractivity contribution is 8.00. The topological polar surface area (TPSA) is 148 Å². The lowest BCUT2D eigenvalue weighted by Crippen LogP contribution is -2.64. The van der Waals surface area contributed by atoms with E-state index in [0.717, 1.165) is 22.9 Å². The van der Waals surface area contributed by atoms with Gasteiger partial charge >= 0.3 is 11.9 Å². The van der Waals surface area contributed by atoms with Crippen molar-refractivity contribution in [2.24, 2.45) is 0 Å². The van der Waals surface area contributed by atoms with Crippen LogP contribution in [0.3, 0.4) is 0 Å². The van der Waals surface area contributed by atoms with E-state index in [9.17, 15) is 19.8 Å². The minimum atomic E-state index is -1.44. The van der Waals surface area contributed by atoms with Crippen molar-refractivity contribution in [2.45, 2.75) is 72.3 Å². The van der Waals surface area contributed by atoms with Crippen molar-refractivity contribution in [3.63, 3.8) is 0 Å². The van der Waals surface area contributed by atoms with E-state index in [1.807, 2.05) is 60.7 Å². The molecule has 0 unspecified atom stereocenters. The summed E-state index contributed by atoms with van der Waals surface area (Å²) in [5, 5.41) is 23.7. The Morgan fingerprint density at radius 1 is 0.528 bits per heavy atom. The molecule has 4 aromatic rings. The number of hydrogen-bond acceptors (Lipinski definition) is 13. The van der Waals surface area contributed by atoms with Gasteiger partial charge in [-0.15, -0.1) is 0 Å². The highest BCUT2D eigenvalue weighted by Crippen LogP contribution is 2.44. The molecule has 0 saturated carbocycles. The normalized spacial score (nSPS) is 33.8. The molecular formula is C40H38O12S. The van der Waals surface area contributed by atoms with Gasteiger partial charge in [-0.3, -0.25) is 0 Å². The van der Waals surface area contributed by atoms with E-state index in [0.29, 0.717) is 11.1 Å². The zero-order chi connectivity index (χ0) is 36.3. The number of rotatable bonds is 8. The van der Waals surface area contributed by atoms with Gasteiger partial charge in [-0.05, 0) is 24.3 Å². The third kappa shape index (κ3) is 7.76. The van der Waals surface area contributed by atoms with Crippen molar-refractivity contribution >= 4 is 23.7 Å². The fourth-order valence-electron chi connectivity index (χ4n) is 6.84. The van der Waals surface area contributed by atoms with Crippen LogP contribution in [-0.2, 0) is 37.9 Å². The molecule has 4 aliphatic heterocycles. The SMILES string of the molecule is O=C(O[C@@H]1[C@@H](O)[C@H](S[C@@H]2O[C@@H]3CO[C@H](c4ccccc4)O[C@@H]3[C@H](OC(=O)c3ccccc3)[C@H]2O)O[C@@H]2CO[C@H](c3ccccc3)O[C@H]12)c1ccccc1. The number of carbonyl (C=O) groups excluding carboxylic acids is 2. The fourth-order valence-corrected chi connectivity index (χ4v) is 8.15. The van der Waals surface area contributed by atoms with E-state index in [2.05, 4.69) is 0 Å². The Hall–Kier alpha value is -4.15. The van der Waals surface area contributed by atoms with Crippen molar-refractivity contribution in [3.05, 3.63) is 144 Å². The van der Waals surface area contributed by atoms with Crippen molar-refractivity contribution in [1.29, 1.82) is 0 Å². The molecule has 0 spiro atoms. The maximum absolute atomic E-state index is 13.4. The second-order valence-corrected chi connectivity index (χ2v) is 14.2. The molecule has 13 heteroatoms. The first-order valence-corrected chi connectivity index (χ1v) is 18.4. The van der Waals surface area contributed by atoms with Crippen LogP contribution in [0.1, 0.15) is 44.4 Å². The van der Waals surface area contributed by atoms with E-state index < -0.39 is 84.2 Å². The van der Waals surface area contributed by atoms with Crippen molar-refractivity contribution in [1.82, 2.24) is 0 Å². The number of benzene rings is 4. The summed E-state index contributed by atoms with van der Waals surface area (Å²) in [6.07, 6.45) is -10.2. The molecule has 4 heterocycles. The van der Waals surface area contributed by atoms with Crippen LogP contribution in [0.5, 0.6) is 0 Å². The molecular weight excluding hydrogens is 704 g/mol. The zero-order valence-electron chi connectivity index (χ0n) is 28.3. The number of aliphatic hydroxyl groups excluding tert-OH is 2. The standard InChI is InChI=1S/C40H38O12S/c41-29-33(49-35(43)23-13-5-1-6-14-23)31-27(21-45-37(51-31)25-17-9-3-10-18-25)47-39(29)53-40-30(42)34(50-36(44)24-15-7-2-8-16-24)32-28(48-40)22-46-38(52-32)26-19-11-4-12-20-26/h1-20,27-34,37-42H,21-22H2/t27-,28-,29-,30-,31+,32+,33-,34-,37+,38+,39+,40+/m1/s1. The van der Waals surface area contributed by atoms with Gasteiger partial charge in [-0.1, -0.05) is 109 Å². The van der Waals surface area contributed by atoms with Gasteiger partial charge in [-0.2, -0.15) is 0 Å².